The summed E-state index contributed by atoms with van der Waals surface area (Å²) in [6, 6.07) is 5.10. The molecular weight excluding hydrogens is 717 g/mol. The lowest BCUT2D eigenvalue weighted by atomic mass is 9.78. The number of carbonyl (C=O) groups is 2. The Labute approximate surface area is 300 Å². The number of halogens is 7. The van der Waals surface area contributed by atoms with Gasteiger partial charge < -0.3 is 24.5 Å². The van der Waals surface area contributed by atoms with E-state index >= 15 is 4.79 Å². The van der Waals surface area contributed by atoms with E-state index in [4.69, 9.17) is 4.74 Å². The molecule has 2 saturated heterocycles. The first-order valence-electron chi connectivity index (χ1n) is 17.3. The van der Waals surface area contributed by atoms with E-state index in [1.807, 2.05) is 0 Å². The van der Waals surface area contributed by atoms with Crippen LogP contribution in [0.3, 0.4) is 0 Å². The number of nitrogens with zero attached hydrogens (tertiary/aromatic N) is 4. The number of pyridine rings is 1. The molecule has 16 heteroatoms. The molecule has 2 fully saturated rings. The Kier molecular flexibility index (Phi) is 10.9. The van der Waals surface area contributed by atoms with Gasteiger partial charge in [0, 0.05) is 62.8 Å². The van der Waals surface area contributed by atoms with Crippen molar-refractivity contribution in [1.29, 1.82) is 0 Å². The average molecular weight is 757 g/mol. The number of aliphatic hydroxyl groups excluding tert-OH is 1. The molecule has 282 valence electrons. The molecule has 0 spiro atoms. The van der Waals surface area contributed by atoms with Crippen molar-refractivity contribution in [2.24, 2.45) is 0 Å². The van der Waals surface area contributed by atoms with Crippen LogP contribution in [-0.4, -0.2) is 86.6 Å². The molecule has 52 heavy (non-hydrogen) atoms. The lowest BCUT2D eigenvalue weighted by Crippen LogP contribution is -2.69. The molecule has 5 heterocycles. The maximum Gasteiger partial charge on any atom is 0.425 e. The van der Waals surface area contributed by atoms with E-state index in [0.717, 1.165) is 34.7 Å². The lowest BCUT2D eigenvalue weighted by Gasteiger charge is -2.52. The Balaban J connectivity index is 1.45. The number of hydrogen-bond acceptors (Lipinski definition) is 7. The normalized spacial score (nSPS) is 23.4. The molecule has 0 aliphatic carbocycles. The van der Waals surface area contributed by atoms with Gasteiger partial charge in [-0.3, -0.25) is 14.6 Å². The topological polar surface area (TPSA) is 86.2 Å². The number of amides is 2. The minimum atomic E-state index is -4.91. The van der Waals surface area contributed by atoms with Crippen LogP contribution in [0.25, 0.3) is 0 Å². The monoisotopic (exact) mass is 756 g/mol. The highest BCUT2D eigenvalue weighted by atomic mass is 32.1. The lowest BCUT2D eigenvalue weighted by molar-refractivity contribution is -0.163. The molecule has 6 rings (SSSR count). The van der Waals surface area contributed by atoms with Crippen molar-refractivity contribution in [2.75, 3.05) is 26.2 Å². The van der Waals surface area contributed by atoms with Crippen molar-refractivity contribution in [3.05, 3.63) is 81.1 Å². The molecule has 1 N–H and O–H groups in total. The third-order valence-electron chi connectivity index (χ3n) is 10.2. The first kappa shape index (κ1) is 38.0. The largest absolute Gasteiger partial charge is 0.474 e. The van der Waals surface area contributed by atoms with E-state index in [9.17, 15) is 40.6 Å². The summed E-state index contributed by atoms with van der Waals surface area (Å²) in [5, 5.41) is 11.2. The first-order valence-corrected chi connectivity index (χ1v) is 18.2. The average Bonchev–Trinajstić information content (AvgIpc) is 3.58. The summed E-state index contributed by atoms with van der Waals surface area (Å²) in [6.07, 6.45) is -7.26. The number of aliphatic hydroxyl groups is 1. The zero-order valence-corrected chi connectivity index (χ0v) is 29.2. The quantitative estimate of drug-likeness (QED) is 0.251. The molecule has 3 atom stereocenters. The Morgan fingerprint density at radius 1 is 1.02 bits per heavy atom. The number of benzene rings is 1. The standard InChI is InChI=1S/C36H39F7N4O4S/c1-2-5-29-34(51-27-18-30(52-21-27)36(41,42)43,11-4-13-46(29)32(49)31-28(35(38,39)40)6-3-12-44-31)33(50)47-19-22-7-8-24(37)16-23(22)17-25(47)20-45-14-9-26(48)10-15-45/h3,6-8,12,16,18,21,25-26,29,48H,2,4-5,9-11,13-15,17,19-20H2,1H3/t25-,29+,34+/m0/s1. The second-order valence-electron chi connectivity index (χ2n) is 13.7. The van der Waals surface area contributed by atoms with Gasteiger partial charge in [-0.25, -0.2) is 4.39 Å². The van der Waals surface area contributed by atoms with Gasteiger partial charge in [-0.05, 0) is 67.5 Å². The fraction of sp³-hybridized carbons (Fsp3) is 0.528. The Hall–Kier alpha value is -3.76. The van der Waals surface area contributed by atoms with Crippen molar-refractivity contribution in [3.63, 3.8) is 0 Å². The number of likely N-dealkylation sites (tertiary alicyclic amines) is 2. The third-order valence-corrected chi connectivity index (χ3v) is 11.2. The molecule has 0 unspecified atom stereocenters. The van der Waals surface area contributed by atoms with Gasteiger partial charge in [0.05, 0.1) is 17.7 Å². The fourth-order valence-corrected chi connectivity index (χ4v) is 8.41. The molecule has 0 bridgehead atoms. The van der Waals surface area contributed by atoms with E-state index < -0.39 is 69.9 Å². The van der Waals surface area contributed by atoms with Gasteiger partial charge in [0.15, 0.2) is 0 Å². The maximum atomic E-state index is 15.4. The zero-order valence-electron chi connectivity index (χ0n) is 28.4. The third kappa shape index (κ3) is 7.79. The highest BCUT2D eigenvalue weighted by Crippen LogP contribution is 2.43. The molecule has 0 radical (unpaired) electrons. The van der Waals surface area contributed by atoms with Crippen LogP contribution in [0.4, 0.5) is 30.7 Å². The summed E-state index contributed by atoms with van der Waals surface area (Å²) >= 11 is 0.377. The predicted molar refractivity (Wildman–Crippen MR) is 177 cm³/mol. The maximum absolute atomic E-state index is 15.4. The van der Waals surface area contributed by atoms with Gasteiger partial charge in [0.2, 0.25) is 5.60 Å². The second kappa shape index (κ2) is 14.9. The van der Waals surface area contributed by atoms with Gasteiger partial charge in [0.25, 0.3) is 11.8 Å². The molecular formula is C36H39F7N4O4S. The Bertz CT molecular complexity index is 1760. The van der Waals surface area contributed by atoms with Gasteiger partial charge in [-0.1, -0.05) is 19.4 Å². The molecule has 8 nitrogen and oxygen atoms in total. The van der Waals surface area contributed by atoms with Gasteiger partial charge >= 0.3 is 12.4 Å². The molecule has 2 amide bonds. The van der Waals surface area contributed by atoms with Crippen molar-refractivity contribution in [3.8, 4) is 5.75 Å². The molecule has 1 aromatic carbocycles. The second-order valence-corrected chi connectivity index (χ2v) is 14.6. The fourth-order valence-electron chi connectivity index (χ4n) is 7.73. The summed E-state index contributed by atoms with van der Waals surface area (Å²) in [5.41, 5.74) is -2.76. The number of ether oxygens (including phenoxy) is 1. The smallest absolute Gasteiger partial charge is 0.425 e. The van der Waals surface area contributed by atoms with Crippen LogP contribution in [0, 0.1) is 5.82 Å². The van der Waals surface area contributed by atoms with Gasteiger partial charge in [0.1, 0.15) is 22.1 Å². The van der Waals surface area contributed by atoms with Crippen molar-refractivity contribution < 1.29 is 50.2 Å². The number of aromatic nitrogens is 1. The van der Waals surface area contributed by atoms with Crippen LogP contribution in [-0.2, 0) is 30.1 Å². The summed E-state index contributed by atoms with van der Waals surface area (Å²) in [6.45, 7) is 3.14. The van der Waals surface area contributed by atoms with Crippen LogP contribution in [0.5, 0.6) is 5.75 Å². The Morgan fingerprint density at radius 3 is 2.44 bits per heavy atom. The number of hydrogen-bond donors (Lipinski definition) is 1. The van der Waals surface area contributed by atoms with E-state index in [1.165, 1.54) is 12.1 Å². The van der Waals surface area contributed by atoms with E-state index in [2.05, 4.69) is 9.88 Å². The summed E-state index contributed by atoms with van der Waals surface area (Å²) < 4.78 is 104. The Morgan fingerprint density at radius 2 is 1.77 bits per heavy atom. The summed E-state index contributed by atoms with van der Waals surface area (Å²) in [4.78, 5) is 37.2. The SMILES string of the molecule is CCC[C@H]1N(C(=O)c2ncccc2C(F)(F)F)CCC[C@]1(Oc1csc(C(F)(F)F)c1)C(=O)N1Cc2ccc(F)cc2C[C@H]1CN1CCC(O)CC1. The van der Waals surface area contributed by atoms with Crippen LogP contribution >= 0.6 is 11.3 Å². The van der Waals surface area contributed by atoms with Gasteiger partial charge in [-0.15, -0.1) is 11.3 Å². The van der Waals surface area contributed by atoms with Crippen LogP contribution < -0.4 is 4.74 Å². The number of piperidine rings is 2. The molecule has 3 aliphatic heterocycles. The number of carbonyl (C=O) groups excluding carboxylic acids is 2. The van der Waals surface area contributed by atoms with Crippen LogP contribution in [0.15, 0.2) is 48.0 Å². The molecule has 2 aromatic heterocycles. The number of rotatable bonds is 8. The highest BCUT2D eigenvalue weighted by Gasteiger charge is 2.57. The number of thiophene rings is 1. The molecule has 3 aliphatic rings. The van der Waals surface area contributed by atoms with Crippen molar-refractivity contribution >= 4 is 23.2 Å². The minimum Gasteiger partial charge on any atom is -0.474 e. The van der Waals surface area contributed by atoms with Crippen molar-refractivity contribution in [2.45, 2.75) is 94.6 Å². The van der Waals surface area contributed by atoms with Crippen LogP contribution in [0.1, 0.15) is 77.5 Å². The number of fused-ring (bicyclic) bond motifs is 1. The summed E-state index contributed by atoms with van der Waals surface area (Å²) in [5.74, 6) is -2.41. The summed E-state index contributed by atoms with van der Waals surface area (Å²) in [7, 11) is 0. The molecule has 0 saturated carbocycles. The van der Waals surface area contributed by atoms with E-state index in [-0.39, 0.29) is 44.5 Å². The predicted octanol–water partition coefficient (Wildman–Crippen LogP) is 6.95. The van der Waals surface area contributed by atoms with Gasteiger partial charge in [-0.2, -0.15) is 26.3 Å². The minimum absolute atomic E-state index is 0.00335. The van der Waals surface area contributed by atoms with E-state index in [1.54, 1.807) is 17.9 Å². The number of alkyl halides is 6. The van der Waals surface area contributed by atoms with Crippen molar-refractivity contribution in [1.82, 2.24) is 19.7 Å². The molecule has 3 aromatic rings. The first-order chi connectivity index (χ1) is 24.6. The highest BCUT2D eigenvalue weighted by molar-refractivity contribution is 7.10. The van der Waals surface area contributed by atoms with Crippen LogP contribution in [0.2, 0.25) is 0 Å². The van der Waals surface area contributed by atoms with E-state index in [0.29, 0.717) is 61.4 Å². The zero-order chi connectivity index (χ0) is 37.4.